The average molecular weight is 300 g/mol. The van der Waals surface area contributed by atoms with Crippen LogP contribution in [-0.2, 0) is 19.3 Å². The second kappa shape index (κ2) is 5.50. The topological polar surface area (TPSA) is 23.8 Å². The number of halogens is 2. The molecular formula is C18H15ClFN. The fraction of sp³-hybridized carbons (Fsp3) is 0.278. The molecule has 2 aromatic carbocycles. The Morgan fingerprint density at radius 1 is 1.19 bits per heavy atom. The summed E-state index contributed by atoms with van der Waals surface area (Å²) in [5, 5.41) is 9.82. The summed E-state index contributed by atoms with van der Waals surface area (Å²) in [6.07, 6.45) is 3.10. The van der Waals surface area contributed by atoms with Crippen LogP contribution in [0.4, 0.5) is 4.39 Å². The molecule has 1 aliphatic carbocycles. The third-order valence-electron chi connectivity index (χ3n) is 4.28. The van der Waals surface area contributed by atoms with Crippen LogP contribution >= 0.6 is 11.6 Å². The molecule has 0 aromatic heterocycles. The van der Waals surface area contributed by atoms with Crippen molar-refractivity contribution in [2.24, 2.45) is 5.41 Å². The molecule has 0 amide bonds. The minimum absolute atomic E-state index is 0.122. The number of rotatable bonds is 2. The summed E-state index contributed by atoms with van der Waals surface area (Å²) in [7, 11) is 0. The van der Waals surface area contributed by atoms with Crippen LogP contribution in [0.2, 0.25) is 5.02 Å². The molecule has 1 atom stereocenters. The van der Waals surface area contributed by atoms with Crippen LogP contribution < -0.4 is 0 Å². The molecule has 3 rings (SSSR count). The molecular weight excluding hydrogens is 285 g/mol. The van der Waals surface area contributed by atoms with Crippen LogP contribution in [0.25, 0.3) is 0 Å². The number of benzene rings is 2. The zero-order valence-electron chi connectivity index (χ0n) is 11.6. The molecule has 21 heavy (non-hydrogen) atoms. The molecule has 0 bridgehead atoms. The number of nitriles is 1. The van der Waals surface area contributed by atoms with Crippen molar-refractivity contribution in [3.05, 3.63) is 70.0 Å². The number of fused-ring (bicyclic) bond motifs is 1. The highest BCUT2D eigenvalue weighted by molar-refractivity contribution is 6.30. The van der Waals surface area contributed by atoms with Crippen LogP contribution in [0, 0.1) is 22.6 Å². The highest BCUT2D eigenvalue weighted by atomic mass is 35.5. The lowest BCUT2D eigenvalue weighted by atomic mass is 9.69. The van der Waals surface area contributed by atoms with Crippen molar-refractivity contribution in [2.75, 3.05) is 0 Å². The highest BCUT2D eigenvalue weighted by Gasteiger charge is 2.34. The maximum Gasteiger partial charge on any atom is 0.141 e. The van der Waals surface area contributed by atoms with E-state index in [9.17, 15) is 9.65 Å². The van der Waals surface area contributed by atoms with Gasteiger partial charge in [-0.15, -0.1) is 0 Å². The molecule has 3 heteroatoms. The molecule has 0 spiro atoms. The highest BCUT2D eigenvalue weighted by Crippen LogP contribution is 2.38. The molecule has 0 heterocycles. The summed E-state index contributed by atoms with van der Waals surface area (Å²) in [4.78, 5) is 0. The Hall–Kier alpha value is -1.85. The van der Waals surface area contributed by atoms with Crippen molar-refractivity contribution < 1.29 is 4.39 Å². The van der Waals surface area contributed by atoms with Crippen LogP contribution in [0.3, 0.4) is 0 Å². The molecule has 0 aliphatic heterocycles. The Morgan fingerprint density at radius 3 is 2.67 bits per heavy atom. The Kier molecular flexibility index (Phi) is 3.69. The van der Waals surface area contributed by atoms with Gasteiger partial charge >= 0.3 is 0 Å². The van der Waals surface area contributed by atoms with E-state index in [0.717, 1.165) is 24.8 Å². The summed E-state index contributed by atoms with van der Waals surface area (Å²) in [6.45, 7) is 0. The molecule has 0 radical (unpaired) electrons. The van der Waals surface area contributed by atoms with E-state index in [1.807, 2.05) is 12.1 Å². The van der Waals surface area contributed by atoms with Crippen molar-refractivity contribution in [3.8, 4) is 6.07 Å². The molecule has 1 unspecified atom stereocenters. The van der Waals surface area contributed by atoms with E-state index >= 15 is 0 Å². The normalized spacial score (nSPS) is 20.6. The average Bonchev–Trinajstić information content (AvgIpc) is 2.51. The van der Waals surface area contributed by atoms with E-state index in [1.165, 1.54) is 17.2 Å². The van der Waals surface area contributed by atoms with Crippen molar-refractivity contribution in [1.29, 1.82) is 5.26 Å². The van der Waals surface area contributed by atoms with Gasteiger partial charge < -0.3 is 0 Å². The van der Waals surface area contributed by atoms with Crippen molar-refractivity contribution >= 4 is 11.6 Å². The van der Waals surface area contributed by atoms with Crippen LogP contribution in [-0.4, -0.2) is 0 Å². The summed E-state index contributed by atoms with van der Waals surface area (Å²) >= 11 is 5.84. The number of hydrogen-bond donors (Lipinski definition) is 0. The van der Waals surface area contributed by atoms with E-state index in [0.29, 0.717) is 6.42 Å². The molecule has 0 N–H and O–H groups in total. The van der Waals surface area contributed by atoms with Gasteiger partial charge in [0.05, 0.1) is 16.5 Å². The van der Waals surface area contributed by atoms with Gasteiger partial charge in [-0.1, -0.05) is 41.9 Å². The maximum absolute atomic E-state index is 13.3. The summed E-state index contributed by atoms with van der Waals surface area (Å²) in [5.74, 6) is -0.416. The minimum Gasteiger partial charge on any atom is -0.205 e. The van der Waals surface area contributed by atoms with E-state index < -0.39 is 11.2 Å². The van der Waals surface area contributed by atoms with Crippen molar-refractivity contribution in [1.82, 2.24) is 0 Å². The molecule has 0 saturated carbocycles. The standard InChI is InChI=1S/C18H15ClFN/c19-16-9-13(5-6-17(16)20)10-18(12-21)8-7-14-3-1-2-4-15(14)11-18/h1-6,9H,7-8,10-11H2. The smallest absolute Gasteiger partial charge is 0.141 e. The first-order valence-electron chi connectivity index (χ1n) is 7.04. The summed E-state index contributed by atoms with van der Waals surface area (Å²) in [5.41, 5.74) is 3.08. The second-order valence-corrected chi connectivity index (χ2v) is 6.17. The Labute approximate surface area is 129 Å². The minimum atomic E-state index is -0.421. The first-order chi connectivity index (χ1) is 10.1. The van der Waals surface area contributed by atoms with E-state index in [2.05, 4.69) is 18.2 Å². The zero-order chi connectivity index (χ0) is 14.9. The fourth-order valence-electron chi connectivity index (χ4n) is 3.13. The molecule has 0 fully saturated rings. The van der Waals surface area contributed by atoms with Gasteiger partial charge in [-0.25, -0.2) is 4.39 Å². The Balaban J connectivity index is 1.89. The molecule has 1 aliphatic rings. The number of nitrogens with zero attached hydrogens (tertiary/aromatic N) is 1. The third-order valence-corrected chi connectivity index (χ3v) is 4.57. The zero-order valence-corrected chi connectivity index (χ0v) is 12.3. The summed E-state index contributed by atoms with van der Waals surface area (Å²) in [6, 6.07) is 15.5. The molecule has 1 nitrogen and oxygen atoms in total. The second-order valence-electron chi connectivity index (χ2n) is 5.76. The third kappa shape index (κ3) is 2.80. The SMILES string of the molecule is N#CC1(Cc2ccc(F)c(Cl)c2)CCc2ccccc2C1. The van der Waals surface area contributed by atoms with E-state index in [-0.39, 0.29) is 5.02 Å². The molecule has 106 valence electrons. The van der Waals surface area contributed by atoms with E-state index in [4.69, 9.17) is 11.6 Å². The Morgan fingerprint density at radius 2 is 1.95 bits per heavy atom. The van der Waals surface area contributed by atoms with Gasteiger partial charge in [-0.2, -0.15) is 5.26 Å². The van der Waals surface area contributed by atoms with Gasteiger partial charge in [-0.3, -0.25) is 0 Å². The fourth-order valence-corrected chi connectivity index (χ4v) is 3.33. The van der Waals surface area contributed by atoms with Gasteiger partial charge in [0.1, 0.15) is 5.82 Å². The van der Waals surface area contributed by atoms with Gasteiger partial charge in [0.2, 0.25) is 0 Å². The monoisotopic (exact) mass is 299 g/mol. The quantitative estimate of drug-likeness (QED) is 0.787. The predicted molar refractivity (Wildman–Crippen MR) is 81.6 cm³/mol. The van der Waals surface area contributed by atoms with Gasteiger partial charge in [0.25, 0.3) is 0 Å². The van der Waals surface area contributed by atoms with Gasteiger partial charge in [0, 0.05) is 0 Å². The van der Waals surface area contributed by atoms with Crippen molar-refractivity contribution in [3.63, 3.8) is 0 Å². The largest absolute Gasteiger partial charge is 0.205 e. The predicted octanol–water partition coefficient (Wildman–Crippen LogP) is 4.72. The molecule has 0 saturated heterocycles. The van der Waals surface area contributed by atoms with Gasteiger partial charge in [-0.05, 0) is 54.5 Å². The first-order valence-corrected chi connectivity index (χ1v) is 7.42. The first kappa shape index (κ1) is 14.1. The van der Waals surface area contributed by atoms with E-state index in [1.54, 1.807) is 12.1 Å². The van der Waals surface area contributed by atoms with Crippen molar-refractivity contribution in [2.45, 2.75) is 25.7 Å². The summed E-state index contributed by atoms with van der Waals surface area (Å²) < 4.78 is 13.3. The maximum atomic E-state index is 13.3. The lowest BCUT2D eigenvalue weighted by molar-refractivity contribution is 0.339. The lowest BCUT2D eigenvalue weighted by Crippen LogP contribution is -2.29. The number of hydrogen-bond acceptors (Lipinski definition) is 1. The van der Waals surface area contributed by atoms with Crippen LogP contribution in [0.1, 0.15) is 23.1 Å². The van der Waals surface area contributed by atoms with Gasteiger partial charge in [0.15, 0.2) is 0 Å². The molecule has 2 aromatic rings. The van der Waals surface area contributed by atoms with Crippen LogP contribution in [0.5, 0.6) is 0 Å². The van der Waals surface area contributed by atoms with Crippen LogP contribution in [0.15, 0.2) is 42.5 Å². The number of aryl methyl sites for hydroxylation is 1. The lowest BCUT2D eigenvalue weighted by Gasteiger charge is -2.32. The Bertz CT molecular complexity index is 719.